The van der Waals surface area contributed by atoms with Crippen LogP contribution in [0.4, 0.5) is 0 Å². The molecule has 1 aromatic rings. The molecule has 1 saturated heterocycles. The number of carbonyl (C=O) groups is 2. The Morgan fingerprint density at radius 2 is 1.83 bits per heavy atom. The van der Waals surface area contributed by atoms with Gasteiger partial charge in [-0.3, -0.25) is 9.59 Å². The van der Waals surface area contributed by atoms with E-state index in [0.29, 0.717) is 13.1 Å². The van der Waals surface area contributed by atoms with E-state index in [9.17, 15) is 9.59 Å². The van der Waals surface area contributed by atoms with Gasteiger partial charge in [0.1, 0.15) is 0 Å². The molecule has 2 amide bonds. The van der Waals surface area contributed by atoms with Crippen molar-refractivity contribution in [3.63, 3.8) is 0 Å². The highest BCUT2D eigenvalue weighted by atomic mass is 16.2. The topological polar surface area (TPSA) is 49.4 Å². The molecule has 1 aromatic carbocycles. The van der Waals surface area contributed by atoms with Crippen LogP contribution in [0.1, 0.15) is 56.6 Å². The standard InChI is InChI=1S/C20H28N2O2/c1-15-6-5-7-18(14-15)20(10-3-4-11-20)21-19(24)17-8-12-22(13-9-17)16(2)23/h5-7,14,17H,3-4,8-13H2,1-2H3,(H,21,24). The zero-order valence-electron chi connectivity index (χ0n) is 14.8. The fraction of sp³-hybridized carbons (Fsp3) is 0.600. The summed E-state index contributed by atoms with van der Waals surface area (Å²) in [5, 5.41) is 3.41. The lowest BCUT2D eigenvalue weighted by Gasteiger charge is -2.36. The van der Waals surface area contributed by atoms with Crippen molar-refractivity contribution in [3.8, 4) is 0 Å². The summed E-state index contributed by atoms with van der Waals surface area (Å²) in [6.45, 7) is 5.10. The van der Waals surface area contributed by atoms with Crippen LogP contribution in [-0.2, 0) is 15.1 Å². The Balaban J connectivity index is 1.70. The Labute approximate surface area is 144 Å². The summed E-state index contributed by atoms with van der Waals surface area (Å²) in [7, 11) is 0. The largest absolute Gasteiger partial charge is 0.346 e. The number of likely N-dealkylation sites (tertiary alicyclic amines) is 1. The van der Waals surface area contributed by atoms with Crippen LogP contribution in [0, 0.1) is 12.8 Å². The number of benzene rings is 1. The van der Waals surface area contributed by atoms with E-state index in [1.165, 1.54) is 11.1 Å². The third-order valence-electron chi connectivity index (χ3n) is 5.70. The van der Waals surface area contributed by atoms with Gasteiger partial charge in [-0.1, -0.05) is 42.7 Å². The van der Waals surface area contributed by atoms with Gasteiger partial charge in [0.25, 0.3) is 0 Å². The van der Waals surface area contributed by atoms with Crippen molar-refractivity contribution >= 4 is 11.8 Å². The molecule has 24 heavy (non-hydrogen) atoms. The van der Waals surface area contributed by atoms with Crippen LogP contribution in [0.5, 0.6) is 0 Å². The van der Waals surface area contributed by atoms with Crippen LogP contribution in [0.25, 0.3) is 0 Å². The van der Waals surface area contributed by atoms with Crippen molar-refractivity contribution in [1.82, 2.24) is 10.2 Å². The second kappa shape index (κ2) is 6.96. The number of hydrogen-bond acceptors (Lipinski definition) is 2. The molecule has 4 heteroatoms. The lowest BCUT2D eigenvalue weighted by Crippen LogP contribution is -2.49. The molecule has 1 heterocycles. The van der Waals surface area contributed by atoms with Gasteiger partial charge >= 0.3 is 0 Å². The second-order valence-corrected chi connectivity index (χ2v) is 7.43. The molecule has 0 atom stereocenters. The lowest BCUT2D eigenvalue weighted by atomic mass is 9.85. The van der Waals surface area contributed by atoms with Crippen LogP contribution < -0.4 is 5.32 Å². The van der Waals surface area contributed by atoms with E-state index in [-0.39, 0.29) is 23.3 Å². The molecule has 1 N–H and O–H groups in total. The van der Waals surface area contributed by atoms with E-state index < -0.39 is 0 Å². The monoisotopic (exact) mass is 328 g/mol. The van der Waals surface area contributed by atoms with E-state index >= 15 is 0 Å². The number of amides is 2. The van der Waals surface area contributed by atoms with Crippen molar-refractivity contribution in [3.05, 3.63) is 35.4 Å². The SMILES string of the molecule is CC(=O)N1CCC(C(=O)NC2(c3cccc(C)c3)CCCC2)CC1. The molecule has 2 fully saturated rings. The molecule has 0 bridgehead atoms. The Kier molecular flexibility index (Phi) is 4.93. The van der Waals surface area contributed by atoms with E-state index in [1.807, 2.05) is 4.90 Å². The van der Waals surface area contributed by atoms with Crippen molar-refractivity contribution in [2.75, 3.05) is 13.1 Å². The first-order valence-corrected chi connectivity index (χ1v) is 9.15. The van der Waals surface area contributed by atoms with Crippen molar-refractivity contribution in [2.24, 2.45) is 5.92 Å². The summed E-state index contributed by atoms with van der Waals surface area (Å²) in [4.78, 5) is 26.2. The van der Waals surface area contributed by atoms with Crippen molar-refractivity contribution in [2.45, 2.75) is 57.9 Å². The van der Waals surface area contributed by atoms with E-state index in [2.05, 4.69) is 36.5 Å². The fourth-order valence-electron chi connectivity index (χ4n) is 4.20. The minimum atomic E-state index is -0.194. The van der Waals surface area contributed by atoms with Crippen LogP contribution >= 0.6 is 0 Å². The molecule has 0 radical (unpaired) electrons. The highest BCUT2D eigenvalue weighted by molar-refractivity contribution is 5.80. The molecule has 1 aliphatic carbocycles. The Morgan fingerprint density at radius 3 is 2.42 bits per heavy atom. The number of hydrogen-bond donors (Lipinski definition) is 1. The first-order chi connectivity index (χ1) is 11.5. The van der Waals surface area contributed by atoms with E-state index in [1.54, 1.807) is 6.92 Å². The van der Waals surface area contributed by atoms with Crippen LogP contribution in [0.2, 0.25) is 0 Å². The number of rotatable bonds is 3. The Bertz CT molecular complexity index is 612. The maximum Gasteiger partial charge on any atom is 0.223 e. The average molecular weight is 328 g/mol. The van der Waals surface area contributed by atoms with Gasteiger partial charge in [-0.25, -0.2) is 0 Å². The lowest BCUT2D eigenvalue weighted by molar-refractivity contribution is -0.134. The smallest absolute Gasteiger partial charge is 0.223 e. The molecule has 0 unspecified atom stereocenters. The summed E-state index contributed by atoms with van der Waals surface area (Å²) in [6, 6.07) is 8.55. The molecule has 0 spiro atoms. The van der Waals surface area contributed by atoms with Gasteiger partial charge in [-0.2, -0.15) is 0 Å². The van der Waals surface area contributed by atoms with Crippen molar-refractivity contribution < 1.29 is 9.59 Å². The maximum absolute atomic E-state index is 12.9. The van der Waals surface area contributed by atoms with Gasteiger partial charge in [0.05, 0.1) is 5.54 Å². The predicted octanol–water partition coefficient (Wildman–Crippen LogP) is 3.14. The number of nitrogens with one attached hydrogen (secondary N) is 1. The van der Waals surface area contributed by atoms with Crippen LogP contribution in [0.15, 0.2) is 24.3 Å². The molecule has 4 nitrogen and oxygen atoms in total. The van der Waals surface area contributed by atoms with Gasteiger partial charge in [-0.15, -0.1) is 0 Å². The second-order valence-electron chi connectivity index (χ2n) is 7.43. The fourth-order valence-corrected chi connectivity index (χ4v) is 4.20. The van der Waals surface area contributed by atoms with Crippen LogP contribution in [0.3, 0.4) is 0 Å². The summed E-state index contributed by atoms with van der Waals surface area (Å²) in [5.74, 6) is 0.311. The molecular weight excluding hydrogens is 300 g/mol. The first kappa shape index (κ1) is 17.0. The van der Waals surface area contributed by atoms with Gasteiger partial charge in [0.15, 0.2) is 0 Å². The molecule has 3 rings (SSSR count). The summed E-state index contributed by atoms with van der Waals surface area (Å²) >= 11 is 0. The first-order valence-electron chi connectivity index (χ1n) is 9.15. The molecule has 130 valence electrons. The highest BCUT2D eigenvalue weighted by Gasteiger charge is 2.39. The number of piperidine rings is 1. The minimum absolute atomic E-state index is 0.0304. The van der Waals surface area contributed by atoms with E-state index in [0.717, 1.165) is 38.5 Å². The maximum atomic E-state index is 12.9. The highest BCUT2D eigenvalue weighted by Crippen LogP contribution is 2.39. The summed E-state index contributed by atoms with van der Waals surface area (Å²) < 4.78 is 0. The minimum Gasteiger partial charge on any atom is -0.346 e. The van der Waals surface area contributed by atoms with Gasteiger partial charge in [-0.05, 0) is 38.2 Å². The number of carbonyl (C=O) groups excluding carboxylic acids is 2. The predicted molar refractivity (Wildman–Crippen MR) is 94.4 cm³/mol. The third kappa shape index (κ3) is 3.47. The average Bonchev–Trinajstić information content (AvgIpc) is 3.04. The third-order valence-corrected chi connectivity index (χ3v) is 5.70. The van der Waals surface area contributed by atoms with E-state index in [4.69, 9.17) is 0 Å². The molecule has 1 aliphatic heterocycles. The normalized spacial score (nSPS) is 20.8. The molecule has 1 saturated carbocycles. The zero-order chi connectivity index (χ0) is 17.2. The van der Waals surface area contributed by atoms with Crippen molar-refractivity contribution in [1.29, 1.82) is 0 Å². The molecule has 2 aliphatic rings. The van der Waals surface area contributed by atoms with Gasteiger partial charge < -0.3 is 10.2 Å². The molecule has 0 aromatic heterocycles. The zero-order valence-corrected chi connectivity index (χ0v) is 14.8. The Hall–Kier alpha value is -1.84. The van der Waals surface area contributed by atoms with Gasteiger partial charge in [0.2, 0.25) is 11.8 Å². The number of nitrogens with zero attached hydrogens (tertiary/aromatic N) is 1. The molecular formula is C20H28N2O2. The Morgan fingerprint density at radius 1 is 1.17 bits per heavy atom. The van der Waals surface area contributed by atoms with Gasteiger partial charge in [0, 0.05) is 25.9 Å². The quantitative estimate of drug-likeness (QED) is 0.927. The van der Waals surface area contributed by atoms with Crippen LogP contribution in [-0.4, -0.2) is 29.8 Å². The number of aryl methyl sites for hydroxylation is 1. The summed E-state index contributed by atoms with van der Waals surface area (Å²) in [6.07, 6.45) is 5.92. The summed E-state index contributed by atoms with van der Waals surface area (Å²) in [5.41, 5.74) is 2.29.